The highest BCUT2D eigenvalue weighted by Crippen LogP contribution is 2.37. The first-order valence-corrected chi connectivity index (χ1v) is 8.15. The van der Waals surface area contributed by atoms with Crippen LogP contribution in [0.1, 0.15) is 18.1 Å². The Morgan fingerprint density at radius 1 is 1.09 bits per heavy atom. The number of methoxy groups -OCH3 is 1. The second-order valence-electron chi connectivity index (χ2n) is 5.12. The maximum absolute atomic E-state index is 12.2. The van der Waals surface area contributed by atoms with Crippen LogP contribution in [0.25, 0.3) is 0 Å². The lowest BCUT2D eigenvalue weighted by atomic mass is 9.74. The van der Waals surface area contributed by atoms with Crippen molar-refractivity contribution in [3.05, 3.63) is 71.8 Å². The van der Waals surface area contributed by atoms with Gasteiger partial charge in [0.15, 0.2) is 0 Å². The number of carbonyl (C=O) groups excluding carboxylic acids is 1. The third-order valence-corrected chi connectivity index (χ3v) is 4.40. The summed E-state index contributed by atoms with van der Waals surface area (Å²) in [6.07, 6.45) is 0. The lowest BCUT2D eigenvalue weighted by molar-refractivity contribution is -0.147. The molecule has 0 aliphatic rings. The van der Waals surface area contributed by atoms with Gasteiger partial charge in [-0.05, 0) is 18.1 Å². The van der Waals surface area contributed by atoms with Crippen LogP contribution in [0.3, 0.4) is 0 Å². The molecule has 23 heavy (non-hydrogen) atoms. The number of esters is 1. The molecule has 0 fully saturated rings. The standard InChI is InChI=1S/C17H19NO4S/c1-13(16(19)22-2)17(18-23(20)21,14-9-5-3-6-10-14)15-11-7-4-8-12-15/h3-13,18H,1-2H3,(H,20,21)/p-1. The third kappa shape index (κ3) is 3.50. The number of ether oxygens (including phenoxy) is 1. The van der Waals surface area contributed by atoms with E-state index in [9.17, 15) is 13.6 Å². The Balaban J connectivity index is 2.73. The molecule has 2 rings (SSSR count). The molecule has 0 aliphatic carbocycles. The second kappa shape index (κ2) is 7.50. The normalized spacial score (nSPS) is 14.0. The molecular formula is C17H18NO4S-. The van der Waals surface area contributed by atoms with Gasteiger partial charge >= 0.3 is 5.97 Å². The maximum atomic E-state index is 12.2. The third-order valence-electron chi connectivity index (χ3n) is 3.91. The Kier molecular flexibility index (Phi) is 5.65. The topological polar surface area (TPSA) is 78.5 Å². The second-order valence-corrected chi connectivity index (χ2v) is 5.80. The first-order chi connectivity index (χ1) is 11.0. The highest BCUT2D eigenvalue weighted by molar-refractivity contribution is 7.77. The summed E-state index contributed by atoms with van der Waals surface area (Å²) in [5.74, 6) is -1.27. The van der Waals surface area contributed by atoms with E-state index in [2.05, 4.69) is 4.72 Å². The van der Waals surface area contributed by atoms with Crippen LogP contribution in [0.5, 0.6) is 0 Å². The van der Waals surface area contributed by atoms with Crippen molar-refractivity contribution in [1.82, 2.24) is 4.72 Å². The predicted octanol–water partition coefficient (Wildman–Crippen LogP) is 2.12. The number of nitrogens with one attached hydrogen (secondary N) is 1. The van der Waals surface area contributed by atoms with Crippen molar-refractivity contribution in [2.75, 3.05) is 7.11 Å². The van der Waals surface area contributed by atoms with Crippen LogP contribution in [0, 0.1) is 5.92 Å². The Labute approximate surface area is 138 Å². The van der Waals surface area contributed by atoms with E-state index >= 15 is 0 Å². The number of hydrogen-bond acceptors (Lipinski definition) is 4. The van der Waals surface area contributed by atoms with Crippen LogP contribution < -0.4 is 4.72 Å². The molecule has 0 saturated carbocycles. The average Bonchev–Trinajstić information content (AvgIpc) is 2.59. The summed E-state index contributed by atoms with van der Waals surface area (Å²) >= 11 is -2.58. The van der Waals surface area contributed by atoms with E-state index in [0.29, 0.717) is 11.1 Å². The van der Waals surface area contributed by atoms with E-state index < -0.39 is 28.7 Å². The average molecular weight is 332 g/mol. The minimum absolute atomic E-state index is 0.504. The van der Waals surface area contributed by atoms with E-state index in [1.807, 2.05) is 12.1 Å². The lowest BCUT2D eigenvalue weighted by Crippen LogP contribution is -2.52. The highest BCUT2D eigenvalue weighted by atomic mass is 32.2. The van der Waals surface area contributed by atoms with Gasteiger partial charge in [-0.2, -0.15) is 0 Å². The van der Waals surface area contributed by atoms with Crippen molar-refractivity contribution < 1.29 is 18.3 Å². The summed E-state index contributed by atoms with van der Waals surface area (Å²) in [7, 11) is 1.29. The van der Waals surface area contributed by atoms with Crippen LogP contribution in [-0.2, 0) is 26.3 Å². The molecule has 6 heteroatoms. The molecule has 2 unspecified atom stereocenters. The zero-order valence-corrected chi connectivity index (χ0v) is 13.7. The molecule has 0 aromatic heterocycles. The predicted molar refractivity (Wildman–Crippen MR) is 86.9 cm³/mol. The van der Waals surface area contributed by atoms with Crippen LogP contribution in [-0.4, -0.2) is 21.8 Å². The SMILES string of the molecule is COC(=O)C(C)C(NS(=O)[O-])(c1ccccc1)c1ccccc1. The van der Waals surface area contributed by atoms with E-state index in [-0.39, 0.29) is 0 Å². The van der Waals surface area contributed by atoms with Gasteiger partial charge in [-0.25, -0.2) is 4.72 Å². The van der Waals surface area contributed by atoms with Gasteiger partial charge in [-0.1, -0.05) is 60.7 Å². The molecule has 0 bridgehead atoms. The Morgan fingerprint density at radius 3 is 1.87 bits per heavy atom. The van der Waals surface area contributed by atoms with Crippen LogP contribution in [0.2, 0.25) is 0 Å². The van der Waals surface area contributed by atoms with Gasteiger partial charge in [-0.3, -0.25) is 9.00 Å². The molecule has 0 amide bonds. The highest BCUT2D eigenvalue weighted by Gasteiger charge is 2.44. The number of carbonyl (C=O) groups is 1. The molecule has 0 radical (unpaired) electrons. The van der Waals surface area contributed by atoms with Crippen molar-refractivity contribution >= 4 is 17.2 Å². The van der Waals surface area contributed by atoms with Crippen LogP contribution in [0.15, 0.2) is 60.7 Å². The number of hydrogen-bond donors (Lipinski definition) is 1. The molecular weight excluding hydrogens is 314 g/mol. The van der Waals surface area contributed by atoms with Gasteiger partial charge in [0.25, 0.3) is 0 Å². The summed E-state index contributed by atoms with van der Waals surface area (Å²) in [6, 6.07) is 18.0. The molecule has 2 aromatic rings. The van der Waals surface area contributed by atoms with Crippen molar-refractivity contribution in [1.29, 1.82) is 0 Å². The summed E-state index contributed by atoms with van der Waals surface area (Å²) in [5, 5.41) is 0. The van der Waals surface area contributed by atoms with Gasteiger partial charge in [0.05, 0.1) is 18.6 Å². The minimum Gasteiger partial charge on any atom is -0.760 e. The molecule has 0 saturated heterocycles. The fourth-order valence-corrected chi connectivity index (χ4v) is 3.44. The quantitative estimate of drug-likeness (QED) is 0.649. The van der Waals surface area contributed by atoms with Crippen molar-refractivity contribution in [2.45, 2.75) is 12.5 Å². The monoisotopic (exact) mass is 332 g/mol. The molecule has 1 N–H and O–H groups in total. The van der Waals surface area contributed by atoms with Crippen molar-refractivity contribution in [3.63, 3.8) is 0 Å². The van der Waals surface area contributed by atoms with E-state index in [1.54, 1.807) is 55.5 Å². The van der Waals surface area contributed by atoms with Crippen molar-refractivity contribution in [3.8, 4) is 0 Å². The zero-order valence-electron chi connectivity index (χ0n) is 12.9. The van der Waals surface area contributed by atoms with E-state index in [0.717, 1.165) is 0 Å². The van der Waals surface area contributed by atoms with Crippen LogP contribution >= 0.6 is 0 Å². The molecule has 122 valence electrons. The first-order valence-electron chi connectivity index (χ1n) is 7.08. The molecule has 0 aliphatic heterocycles. The van der Waals surface area contributed by atoms with Gasteiger partial charge in [0, 0.05) is 11.3 Å². The summed E-state index contributed by atoms with van der Waals surface area (Å²) in [4.78, 5) is 12.2. The summed E-state index contributed by atoms with van der Waals surface area (Å²) in [6.45, 7) is 1.64. The smallest absolute Gasteiger partial charge is 0.311 e. The van der Waals surface area contributed by atoms with Gasteiger partial charge in [0.2, 0.25) is 0 Å². The number of rotatable bonds is 6. The molecule has 0 spiro atoms. The lowest BCUT2D eigenvalue weighted by Gasteiger charge is -2.40. The summed E-state index contributed by atoms with van der Waals surface area (Å²) in [5.41, 5.74) is 0.0731. The largest absolute Gasteiger partial charge is 0.760 e. The molecule has 2 atom stereocenters. The zero-order chi connectivity index (χ0) is 16.9. The molecule has 0 heterocycles. The molecule has 5 nitrogen and oxygen atoms in total. The fourth-order valence-electron chi connectivity index (χ4n) is 2.76. The van der Waals surface area contributed by atoms with Gasteiger partial charge in [-0.15, -0.1) is 0 Å². The van der Waals surface area contributed by atoms with Gasteiger partial charge in [0.1, 0.15) is 0 Å². The first kappa shape index (κ1) is 17.3. The minimum atomic E-state index is -2.58. The fraction of sp³-hybridized carbons (Fsp3) is 0.235. The Morgan fingerprint density at radius 2 is 1.52 bits per heavy atom. The number of benzene rings is 2. The van der Waals surface area contributed by atoms with Gasteiger partial charge < -0.3 is 9.29 Å². The Bertz CT molecular complexity index is 636. The van der Waals surface area contributed by atoms with Crippen LogP contribution in [0.4, 0.5) is 0 Å². The summed E-state index contributed by atoms with van der Waals surface area (Å²) < 4.78 is 30.4. The van der Waals surface area contributed by atoms with Crippen molar-refractivity contribution in [2.24, 2.45) is 5.92 Å². The maximum Gasteiger partial charge on any atom is 0.311 e. The Hall–Kier alpha value is -2.02. The molecule has 2 aromatic carbocycles. The van der Waals surface area contributed by atoms with E-state index in [1.165, 1.54) is 7.11 Å². The van der Waals surface area contributed by atoms with E-state index in [4.69, 9.17) is 4.74 Å².